The summed E-state index contributed by atoms with van der Waals surface area (Å²) in [5.74, 6) is 1.83. The first kappa shape index (κ1) is 11.9. The average molecular weight is 284 g/mol. The highest BCUT2D eigenvalue weighted by Crippen LogP contribution is 2.23. The van der Waals surface area contributed by atoms with Gasteiger partial charge >= 0.3 is 0 Å². The molecule has 88 valence electrons. The fraction of sp³-hybridized carbons (Fsp3) is 0.583. The molecular weight excluding hydrogens is 266 g/mol. The number of nitrogens with zero attached hydrogens (tertiary/aromatic N) is 2. The van der Waals surface area contributed by atoms with Crippen molar-refractivity contribution in [3.05, 3.63) is 22.8 Å². The first-order valence-corrected chi connectivity index (χ1v) is 6.65. The smallest absolute Gasteiger partial charge is 0.128 e. The van der Waals surface area contributed by atoms with E-state index in [9.17, 15) is 0 Å². The van der Waals surface area contributed by atoms with Crippen molar-refractivity contribution in [2.75, 3.05) is 24.5 Å². The maximum atomic E-state index is 5.62. The van der Waals surface area contributed by atoms with Gasteiger partial charge in [-0.25, -0.2) is 4.98 Å². The van der Waals surface area contributed by atoms with Gasteiger partial charge in [0.25, 0.3) is 0 Å². The number of piperidine rings is 1. The van der Waals surface area contributed by atoms with E-state index in [-0.39, 0.29) is 0 Å². The van der Waals surface area contributed by atoms with Crippen molar-refractivity contribution in [2.45, 2.75) is 19.3 Å². The molecule has 0 radical (unpaired) electrons. The van der Waals surface area contributed by atoms with E-state index in [4.69, 9.17) is 5.73 Å². The number of halogens is 1. The molecule has 3 nitrogen and oxygen atoms in total. The van der Waals surface area contributed by atoms with Crippen LogP contribution in [-0.4, -0.2) is 24.6 Å². The Morgan fingerprint density at radius 3 is 3.06 bits per heavy atom. The van der Waals surface area contributed by atoms with Crippen LogP contribution in [-0.2, 0) is 0 Å². The van der Waals surface area contributed by atoms with Gasteiger partial charge in [-0.1, -0.05) is 0 Å². The predicted molar refractivity (Wildman–Crippen MR) is 70.5 cm³/mol. The molecule has 0 saturated carbocycles. The van der Waals surface area contributed by atoms with Crippen molar-refractivity contribution < 1.29 is 0 Å². The first-order valence-electron chi connectivity index (χ1n) is 5.86. The zero-order valence-electron chi connectivity index (χ0n) is 9.40. The molecule has 2 heterocycles. The molecule has 1 atom stereocenters. The van der Waals surface area contributed by atoms with Crippen LogP contribution in [0.1, 0.15) is 19.3 Å². The van der Waals surface area contributed by atoms with Gasteiger partial charge in [0.1, 0.15) is 5.82 Å². The topological polar surface area (TPSA) is 42.1 Å². The zero-order chi connectivity index (χ0) is 11.4. The number of aromatic nitrogens is 1. The van der Waals surface area contributed by atoms with Crippen molar-refractivity contribution in [1.29, 1.82) is 0 Å². The van der Waals surface area contributed by atoms with E-state index >= 15 is 0 Å². The van der Waals surface area contributed by atoms with Gasteiger partial charge in [0, 0.05) is 23.8 Å². The van der Waals surface area contributed by atoms with Gasteiger partial charge in [-0.2, -0.15) is 0 Å². The third-order valence-electron chi connectivity index (χ3n) is 3.13. The van der Waals surface area contributed by atoms with Crippen molar-refractivity contribution >= 4 is 21.7 Å². The molecule has 4 heteroatoms. The van der Waals surface area contributed by atoms with Crippen LogP contribution in [0.4, 0.5) is 5.82 Å². The maximum absolute atomic E-state index is 5.62. The SMILES string of the molecule is NCCC1CCCN(c2ccc(Br)cn2)C1. The van der Waals surface area contributed by atoms with Gasteiger partial charge in [0.05, 0.1) is 0 Å². The Morgan fingerprint density at radius 2 is 2.38 bits per heavy atom. The quantitative estimate of drug-likeness (QED) is 0.926. The summed E-state index contributed by atoms with van der Waals surface area (Å²) in [5, 5.41) is 0. The van der Waals surface area contributed by atoms with Crippen LogP contribution in [0.2, 0.25) is 0 Å². The number of hydrogen-bond donors (Lipinski definition) is 1. The number of pyridine rings is 1. The molecule has 1 aliphatic heterocycles. The summed E-state index contributed by atoms with van der Waals surface area (Å²) in [5.41, 5.74) is 5.62. The highest BCUT2D eigenvalue weighted by atomic mass is 79.9. The monoisotopic (exact) mass is 283 g/mol. The van der Waals surface area contributed by atoms with Crippen LogP contribution >= 0.6 is 15.9 Å². The molecular formula is C12H18BrN3. The number of rotatable bonds is 3. The maximum Gasteiger partial charge on any atom is 0.128 e. The van der Waals surface area contributed by atoms with E-state index in [0.717, 1.165) is 42.3 Å². The van der Waals surface area contributed by atoms with Crippen LogP contribution in [0.5, 0.6) is 0 Å². The molecule has 0 aliphatic carbocycles. The normalized spacial score (nSPS) is 21.1. The second kappa shape index (κ2) is 5.64. The summed E-state index contributed by atoms with van der Waals surface area (Å²) in [4.78, 5) is 6.82. The molecule has 1 aromatic rings. The Kier molecular flexibility index (Phi) is 4.18. The van der Waals surface area contributed by atoms with Gasteiger partial charge in [-0.15, -0.1) is 0 Å². The molecule has 0 aromatic carbocycles. The van der Waals surface area contributed by atoms with Crippen LogP contribution in [0, 0.1) is 5.92 Å². The molecule has 2 rings (SSSR count). The Balaban J connectivity index is 2.01. The summed E-state index contributed by atoms with van der Waals surface area (Å²) >= 11 is 3.41. The number of nitrogens with two attached hydrogens (primary N) is 1. The fourth-order valence-electron chi connectivity index (χ4n) is 2.30. The first-order chi connectivity index (χ1) is 7.79. The summed E-state index contributed by atoms with van der Waals surface area (Å²) in [6, 6.07) is 4.13. The highest BCUT2D eigenvalue weighted by molar-refractivity contribution is 9.10. The minimum Gasteiger partial charge on any atom is -0.356 e. The second-order valence-electron chi connectivity index (χ2n) is 4.37. The van der Waals surface area contributed by atoms with Crippen LogP contribution in [0.3, 0.4) is 0 Å². The van der Waals surface area contributed by atoms with Crippen molar-refractivity contribution in [2.24, 2.45) is 11.7 Å². The van der Waals surface area contributed by atoms with Crippen molar-refractivity contribution in [3.8, 4) is 0 Å². The molecule has 0 amide bonds. The molecule has 0 bridgehead atoms. The minimum atomic E-state index is 0.740. The van der Waals surface area contributed by atoms with E-state index in [2.05, 4.69) is 37.9 Å². The average Bonchev–Trinajstić information content (AvgIpc) is 2.31. The number of hydrogen-bond acceptors (Lipinski definition) is 3. The van der Waals surface area contributed by atoms with Gasteiger partial charge in [-0.05, 0) is 59.8 Å². The van der Waals surface area contributed by atoms with Gasteiger partial charge in [0.2, 0.25) is 0 Å². The van der Waals surface area contributed by atoms with Crippen molar-refractivity contribution in [3.63, 3.8) is 0 Å². The lowest BCUT2D eigenvalue weighted by molar-refractivity contribution is 0.394. The van der Waals surface area contributed by atoms with E-state index in [1.54, 1.807) is 0 Å². The zero-order valence-corrected chi connectivity index (χ0v) is 11.0. The third kappa shape index (κ3) is 2.95. The summed E-state index contributed by atoms with van der Waals surface area (Å²) < 4.78 is 1.03. The van der Waals surface area contributed by atoms with Gasteiger partial charge < -0.3 is 10.6 Å². The summed E-state index contributed by atoms with van der Waals surface area (Å²) in [7, 11) is 0. The molecule has 1 saturated heterocycles. The molecule has 1 unspecified atom stereocenters. The van der Waals surface area contributed by atoms with Crippen molar-refractivity contribution in [1.82, 2.24) is 4.98 Å². The molecule has 1 fully saturated rings. The number of anilines is 1. The standard InChI is InChI=1S/C12H18BrN3/c13-11-3-4-12(15-8-11)16-7-1-2-10(9-16)5-6-14/h3-4,8,10H,1-2,5-7,9,14H2. The summed E-state index contributed by atoms with van der Waals surface area (Å²) in [6.07, 6.45) is 5.56. The van der Waals surface area contributed by atoms with Gasteiger partial charge in [0.15, 0.2) is 0 Å². The fourth-order valence-corrected chi connectivity index (χ4v) is 2.53. The van der Waals surface area contributed by atoms with E-state index in [1.165, 1.54) is 12.8 Å². The third-order valence-corrected chi connectivity index (χ3v) is 3.60. The predicted octanol–water partition coefficient (Wildman–Crippen LogP) is 2.41. The van der Waals surface area contributed by atoms with E-state index < -0.39 is 0 Å². The Bertz CT molecular complexity index is 324. The van der Waals surface area contributed by atoms with E-state index in [0.29, 0.717) is 0 Å². The molecule has 0 spiro atoms. The lowest BCUT2D eigenvalue weighted by Crippen LogP contribution is -2.36. The Morgan fingerprint density at radius 1 is 1.50 bits per heavy atom. The minimum absolute atomic E-state index is 0.740. The lowest BCUT2D eigenvalue weighted by Gasteiger charge is -2.33. The van der Waals surface area contributed by atoms with E-state index in [1.807, 2.05) is 6.20 Å². The summed E-state index contributed by atoms with van der Waals surface area (Å²) in [6.45, 7) is 3.02. The lowest BCUT2D eigenvalue weighted by atomic mass is 9.95. The highest BCUT2D eigenvalue weighted by Gasteiger charge is 2.19. The molecule has 1 aromatic heterocycles. The molecule has 2 N–H and O–H groups in total. The molecule has 16 heavy (non-hydrogen) atoms. The Hall–Kier alpha value is -0.610. The Labute approximate surface area is 105 Å². The second-order valence-corrected chi connectivity index (χ2v) is 5.28. The molecule has 1 aliphatic rings. The van der Waals surface area contributed by atoms with Crippen LogP contribution in [0.15, 0.2) is 22.8 Å². The van der Waals surface area contributed by atoms with Gasteiger partial charge in [-0.3, -0.25) is 0 Å². The van der Waals surface area contributed by atoms with Crippen LogP contribution < -0.4 is 10.6 Å². The van der Waals surface area contributed by atoms with Crippen LogP contribution in [0.25, 0.3) is 0 Å². The largest absolute Gasteiger partial charge is 0.356 e.